The lowest BCUT2D eigenvalue weighted by atomic mass is 9.87. The van der Waals surface area contributed by atoms with Crippen molar-refractivity contribution in [3.05, 3.63) is 111 Å². The summed E-state index contributed by atoms with van der Waals surface area (Å²) in [6.45, 7) is 2.60. The fourth-order valence-electron chi connectivity index (χ4n) is 5.42. The molecule has 0 spiro atoms. The lowest BCUT2D eigenvalue weighted by Crippen LogP contribution is -2.38. The Morgan fingerprint density at radius 2 is 1.39 bits per heavy atom. The third kappa shape index (κ3) is 4.86. The molecule has 1 aromatic heterocycles. The lowest BCUT2D eigenvalue weighted by Gasteiger charge is -2.32. The van der Waals surface area contributed by atoms with E-state index < -0.39 is 0 Å². The summed E-state index contributed by atoms with van der Waals surface area (Å²) in [7, 11) is 0. The molecule has 4 aromatic rings. The lowest BCUT2D eigenvalue weighted by molar-refractivity contribution is 0.183. The van der Waals surface area contributed by atoms with Gasteiger partial charge in [0, 0.05) is 25.0 Å². The van der Waals surface area contributed by atoms with Gasteiger partial charge in [0.1, 0.15) is 11.6 Å². The fraction of sp³-hybridized carbons (Fsp3) is 0.321. The quantitative estimate of drug-likeness (QED) is 0.291. The number of fused-ring (bicyclic) bond motifs is 1. The van der Waals surface area contributed by atoms with Gasteiger partial charge in [-0.2, -0.15) is 0 Å². The zero-order valence-corrected chi connectivity index (χ0v) is 19.9. The SMILES string of the molecule is O=Nn1c(=O)n(C2CCN(CCCC(c3ccc(F)cc3)c3ccc(F)cc3)CC2)c2ccccc21. The van der Waals surface area contributed by atoms with Crippen molar-refractivity contribution in [3.8, 4) is 0 Å². The number of hydrogen-bond donors (Lipinski definition) is 0. The van der Waals surface area contributed by atoms with Crippen molar-refractivity contribution < 1.29 is 8.78 Å². The van der Waals surface area contributed by atoms with Crippen LogP contribution in [0.4, 0.5) is 8.78 Å². The molecule has 1 fully saturated rings. The minimum atomic E-state index is -0.383. The van der Waals surface area contributed by atoms with Gasteiger partial charge in [-0.1, -0.05) is 36.4 Å². The van der Waals surface area contributed by atoms with E-state index >= 15 is 0 Å². The van der Waals surface area contributed by atoms with Crippen LogP contribution < -0.4 is 5.69 Å². The maximum atomic E-state index is 13.5. The van der Waals surface area contributed by atoms with Gasteiger partial charge in [-0.3, -0.25) is 4.57 Å². The smallest absolute Gasteiger partial charge is 0.303 e. The van der Waals surface area contributed by atoms with Crippen molar-refractivity contribution in [2.75, 3.05) is 19.6 Å². The first-order chi connectivity index (χ1) is 17.5. The van der Waals surface area contributed by atoms with Crippen LogP contribution in [0.5, 0.6) is 0 Å². The van der Waals surface area contributed by atoms with Gasteiger partial charge in [0.05, 0.1) is 16.3 Å². The largest absolute Gasteiger partial charge is 0.352 e. The van der Waals surface area contributed by atoms with E-state index in [1.807, 2.05) is 12.1 Å². The first kappa shape index (κ1) is 24.1. The summed E-state index contributed by atoms with van der Waals surface area (Å²) in [6, 6.07) is 20.4. The minimum absolute atomic E-state index is 0.0211. The third-order valence-electron chi connectivity index (χ3n) is 7.27. The van der Waals surface area contributed by atoms with E-state index in [2.05, 4.69) is 10.2 Å². The Labute approximate surface area is 207 Å². The molecule has 0 radical (unpaired) electrons. The molecular weight excluding hydrogens is 462 g/mol. The summed E-state index contributed by atoms with van der Waals surface area (Å²) >= 11 is 0. The highest BCUT2D eigenvalue weighted by Crippen LogP contribution is 2.31. The van der Waals surface area contributed by atoms with Crippen LogP contribution in [0.1, 0.15) is 48.8 Å². The normalized spacial score (nSPS) is 15.1. The van der Waals surface area contributed by atoms with E-state index in [0.717, 1.165) is 66.6 Å². The van der Waals surface area contributed by atoms with Crippen molar-refractivity contribution in [2.24, 2.45) is 5.29 Å². The van der Waals surface area contributed by atoms with Gasteiger partial charge in [0.2, 0.25) is 0 Å². The van der Waals surface area contributed by atoms with Crippen molar-refractivity contribution in [2.45, 2.75) is 37.6 Å². The highest BCUT2D eigenvalue weighted by molar-refractivity contribution is 5.76. The standard InChI is InChI=1S/C28H28F2N4O2/c29-22-11-7-20(8-12-22)25(21-9-13-23(30)14-10-21)4-3-17-32-18-15-24(16-19-32)33-26-5-1-2-6-27(26)34(31-36)28(33)35/h1-2,5-14,24-25H,3-4,15-19H2. The van der Waals surface area contributed by atoms with Crippen molar-refractivity contribution >= 4 is 11.0 Å². The number of halogens is 2. The molecule has 1 aliphatic rings. The summed E-state index contributed by atoms with van der Waals surface area (Å²) < 4.78 is 29.6. The molecule has 8 heteroatoms. The predicted octanol–water partition coefficient (Wildman–Crippen LogP) is 5.86. The van der Waals surface area contributed by atoms with Crippen LogP contribution in [0.3, 0.4) is 0 Å². The Kier molecular flexibility index (Phi) is 7.04. The zero-order valence-electron chi connectivity index (χ0n) is 19.9. The van der Waals surface area contributed by atoms with E-state index in [1.54, 1.807) is 41.0 Å². The molecule has 1 saturated heterocycles. The number of para-hydroxylation sites is 2. The van der Waals surface area contributed by atoms with Gasteiger partial charge < -0.3 is 4.90 Å². The molecule has 6 nitrogen and oxygen atoms in total. The molecule has 0 aliphatic carbocycles. The Morgan fingerprint density at radius 3 is 1.94 bits per heavy atom. The highest BCUT2D eigenvalue weighted by atomic mass is 19.1. The molecule has 0 N–H and O–H groups in total. The molecule has 2 heterocycles. The van der Waals surface area contributed by atoms with Crippen LogP contribution >= 0.6 is 0 Å². The molecule has 0 atom stereocenters. The molecule has 5 rings (SSSR count). The number of nitroso groups, excluding NO2 is 1. The number of benzene rings is 3. The Bertz CT molecular complexity index is 1340. The highest BCUT2D eigenvalue weighted by Gasteiger charge is 2.25. The van der Waals surface area contributed by atoms with Gasteiger partial charge in [0.25, 0.3) is 0 Å². The summed E-state index contributed by atoms with van der Waals surface area (Å²) in [5.74, 6) is -0.486. The predicted molar refractivity (Wildman–Crippen MR) is 136 cm³/mol. The molecule has 1 aliphatic heterocycles. The van der Waals surface area contributed by atoms with Gasteiger partial charge >= 0.3 is 5.69 Å². The molecule has 0 bridgehead atoms. The van der Waals surface area contributed by atoms with Crippen LogP contribution in [0.2, 0.25) is 0 Å². The van der Waals surface area contributed by atoms with Crippen LogP contribution in [0.15, 0.2) is 82.9 Å². The van der Waals surface area contributed by atoms with E-state index in [-0.39, 0.29) is 29.3 Å². The van der Waals surface area contributed by atoms with Gasteiger partial charge in [0.15, 0.2) is 0 Å². The number of aromatic nitrogens is 2. The second-order valence-electron chi connectivity index (χ2n) is 9.41. The Morgan fingerprint density at radius 1 is 0.833 bits per heavy atom. The summed E-state index contributed by atoms with van der Waals surface area (Å²) in [4.78, 5) is 26.5. The summed E-state index contributed by atoms with van der Waals surface area (Å²) in [5, 5.41) is 2.93. The van der Waals surface area contributed by atoms with E-state index in [9.17, 15) is 18.5 Å². The van der Waals surface area contributed by atoms with Crippen LogP contribution in [0, 0.1) is 16.5 Å². The topological polar surface area (TPSA) is 59.6 Å². The first-order valence-corrected chi connectivity index (χ1v) is 12.3. The van der Waals surface area contributed by atoms with Crippen LogP contribution in [-0.2, 0) is 0 Å². The second-order valence-corrected chi connectivity index (χ2v) is 9.41. The van der Waals surface area contributed by atoms with E-state index in [1.165, 1.54) is 24.3 Å². The molecule has 0 amide bonds. The van der Waals surface area contributed by atoms with Gasteiger partial charge in [-0.25, -0.2) is 13.6 Å². The monoisotopic (exact) mass is 490 g/mol. The zero-order chi connectivity index (χ0) is 25.1. The molecule has 0 unspecified atom stereocenters. The van der Waals surface area contributed by atoms with Crippen molar-refractivity contribution in [3.63, 3.8) is 0 Å². The average molecular weight is 491 g/mol. The number of rotatable bonds is 8. The number of hydrogen-bond acceptors (Lipinski definition) is 4. The molecule has 0 saturated carbocycles. The molecular formula is C28H28F2N4O2. The molecule has 186 valence electrons. The minimum Gasteiger partial charge on any atom is -0.303 e. The fourth-order valence-corrected chi connectivity index (χ4v) is 5.42. The number of likely N-dealkylation sites (tertiary alicyclic amines) is 1. The average Bonchev–Trinajstić information content (AvgIpc) is 3.19. The Balaban J connectivity index is 1.23. The number of piperidine rings is 1. The summed E-state index contributed by atoms with van der Waals surface area (Å²) in [5.41, 5.74) is 2.92. The van der Waals surface area contributed by atoms with Crippen LogP contribution in [-0.4, -0.2) is 33.8 Å². The first-order valence-electron chi connectivity index (χ1n) is 12.3. The van der Waals surface area contributed by atoms with Crippen molar-refractivity contribution in [1.82, 2.24) is 14.1 Å². The van der Waals surface area contributed by atoms with Gasteiger partial charge in [-0.05, 0) is 79.8 Å². The van der Waals surface area contributed by atoms with E-state index in [0.29, 0.717) is 5.52 Å². The maximum Gasteiger partial charge on any atom is 0.352 e. The Hall–Kier alpha value is -3.65. The molecule has 36 heavy (non-hydrogen) atoms. The van der Waals surface area contributed by atoms with Gasteiger partial charge in [-0.15, -0.1) is 9.58 Å². The van der Waals surface area contributed by atoms with Crippen LogP contribution in [0.25, 0.3) is 11.0 Å². The summed E-state index contributed by atoms with van der Waals surface area (Å²) in [6.07, 6.45) is 3.41. The van der Waals surface area contributed by atoms with E-state index in [4.69, 9.17) is 0 Å². The number of imidazole rings is 1. The van der Waals surface area contributed by atoms with Crippen molar-refractivity contribution in [1.29, 1.82) is 0 Å². The number of nitrogens with zero attached hydrogens (tertiary/aromatic N) is 4. The third-order valence-corrected chi connectivity index (χ3v) is 7.27. The second kappa shape index (κ2) is 10.5. The molecule has 3 aromatic carbocycles. The maximum absolute atomic E-state index is 13.5.